The predicted octanol–water partition coefficient (Wildman–Crippen LogP) is 3.69. The van der Waals surface area contributed by atoms with Crippen LogP contribution in [-0.4, -0.2) is 46.2 Å². The number of halogens is 1. The highest BCUT2D eigenvalue weighted by atomic mass is 19.1. The van der Waals surface area contributed by atoms with Crippen molar-refractivity contribution in [1.82, 2.24) is 19.9 Å². The third-order valence-electron chi connectivity index (χ3n) is 5.95. The van der Waals surface area contributed by atoms with Gasteiger partial charge in [0.05, 0.1) is 41.8 Å². The molecule has 10 heteroatoms. The highest BCUT2D eigenvalue weighted by molar-refractivity contribution is 6.01. The highest BCUT2D eigenvalue weighted by Gasteiger charge is 2.27. The standard InChI is InChI=1S/C25H23FN8O/c1-15(32-25-18(13-27)24(28)30-14-31-25)22-21(20-4-2-3-7-29-20)23(34-8-10-35-11-9-34)17-12-16(26)5-6-19(17)33-22/h2-7,12,14-15H,8-11H2,1H3,(H3,28,30,31,32)/t15-/m0/s1. The van der Waals surface area contributed by atoms with Crippen LogP contribution >= 0.6 is 0 Å². The van der Waals surface area contributed by atoms with E-state index < -0.39 is 6.04 Å². The number of ether oxygens (including phenoxy) is 1. The summed E-state index contributed by atoms with van der Waals surface area (Å²) in [4.78, 5) is 19.9. The fourth-order valence-electron chi connectivity index (χ4n) is 4.32. The molecule has 1 saturated heterocycles. The molecule has 1 aromatic carbocycles. The number of anilines is 3. The molecule has 0 unspecified atom stereocenters. The van der Waals surface area contributed by atoms with Gasteiger partial charge < -0.3 is 20.7 Å². The fourth-order valence-corrected chi connectivity index (χ4v) is 4.32. The van der Waals surface area contributed by atoms with Gasteiger partial charge >= 0.3 is 0 Å². The van der Waals surface area contributed by atoms with Crippen molar-refractivity contribution in [2.75, 3.05) is 42.3 Å². The molecule has 1 aliphatic rings. The molecule has 1 atom stereocenters. The molecule has 3 N–H and O–H groups in total. The van der Waals surface area contributed by atoms with Gasteiger partial charge in [-0.05, 0) is 37.3 Å². The molecule has 4 heterocycles. The first-order valence-electron chi connectivity index (χ1n) is 11.2. The minimum absolute atomic E-state index is 0.0955. The minimum Gasteiger partial charge on any atom is -0.382 e. The summed E-state index contributed by atoms with van der Waals surface area (Å²) in [5.74, 6) is 0.0707. The Morgan fingerprint density at radius 2 is 2.00 bits per heavy atom. The molecular weight excluding hydrogens is 447 g/mol. The van der Waals surface area contributed by atoms with Gasteiger partial charge in [0.1, 0.15) is 35.4 Å². The van der Waals surface area contributed by atoms with Crippen LogP contribution in [-0.2, 0) is 4.74 Å². The van der Waals surface area contributed by atoms with Crippen molar-refractivity contribution in [1.29, 1.82) is 5.26 Å². The number of nitriles is 1. The number of hydrogen-bond donors (Lipinski definition) is 2. The van der Waals surface area contributed by atoms with Crippen LogP contribution in [0, 0.1) is 17.1 Å². The van der Waals surface area contributed by atoms with E-state index in [0.29, 0.717) is 54.4 Å². The van der Waals surface area contributed by atoms with Crippen molar-refractivity contribution in [2.45, 2.75) is 13.0 Å². The summed E-state index contributed by atoms with van der Waals surface area (Å²) >= 11 is 0. The molecule has 0 aliphatic carbocycles. The maximum Gasteiger partial charge on any atom is 0.150 e. The molecule has 9 nitrogen and oxygen atoms in total. The quantitative estimate of drug-likeness (QED) is 0.449. The number of nitrogens with one attached hydrogen (secondary N) is 1. The fraction of sp³-hybridized carbons (Fsp3) is 0.240. The first-order chi connectivity index (χ1) is 17.1. The predicted molar refractivity (Wildman–Crippen MR) is 131 cm³/mol. The van der Waals surface area contributed by atoms with Crippen molar-refractivity contribution in [3.8, 4) is 17.3 Å². The Morgan fingerprint density at radius 3 is 2.74 bits per heavy atom. The van der Waals surface area contributed by atoms with Gasteiger partial charge in [0.15, 0.2) is 0 Å². The van der Waals surface area contributed by atoms with Crippen LogP contribution in [0.1, 0.15) is 24.2 Å². The summed E-state index contributed by atoms with van der Waals surface area (Å²) in [7, 11) is 0. The van der Waals surface area contributed by atoms with Gasteiger partial charge in [-0.1, -0.05) is 6.07 Å². The molecule has 1 aliphatic heterocycles. The molecule has 176 valence electrons. The van der Waals surface area contributed by atoms with Crippen molar-refractivity contribution >= 4 is 28.2 Å². The number of hydrogen-bond acceptors (Lipinski definition) is 9. The number of nitrogens with zero attached hydrogens (tertiary/aromatic N) is 6. The van der Waals surface area contributed by atoms with Crippen LogP contribution in [0.25, 0.3) is 22.2 Å². The van der Waals surface area contributed by atoms with Gasteiger partial charge in [-0.2, -0.15) is 5.26 Å². The van der Waals surface area contributed by atoms with Crippen molar-refractivity contribution in [3.05, 3.63) is 66.0 Å². The van der Waals surface area contributed by atoms with E-state index in [1.165, 1.54) is 18.5 Å². The van der Waals surface area contributed by atoms with E-state index in [-0.39, 0.29) is 17.2 Å². The number of rotatable bonds is 5. The lowest BCUT2D eigenvalue weighted by Crippen LogP contribution is -2.37. The molecule has 0 amide bonds. The highest BCUT2D eigenvalue weighted by Crippen LogP contribution is 2.41. The summed E-state index contributed by atoms with van der Waals surface area (Å²) in [6, 6.07) is 11.9. The lowest BCUT2D eigenvalue weighted by molar-refractivity contribution is 0.123. The molecule has 0 saturated carbocycles. The summed E-state index contributed by atoms with van der Waals surface area (Å²) in [6.45, 7) is 4.35. The molecule has 5 rings (SSSR count). The molecule has 1 fully saturated rings. The average Bonchev–Trinajstić information content (AvgIpc) is 2.88. The summed E-state index contributed by atoms with van der Waals surface area (Å²) in [5, 5.41) is 13.5. The molecule has 3 aromatic heterocycles. The topological polar surface area (TPSA) is 126 Å². The van der Waals surface area contributed by atoms with E-state index in [9.17, 15) is 9.65 Å². The lowest BCUT2D eigenvalue weighted by atomic mass is 9.97. The van der Waals surface area contributed by atoms with E-state index in [0.717, 1.165) is 11.3 Å². The number of benzene rings is 1. The first kappa shape index (κ1) is 22.4. The second-order valence-electron chi connectivity index (χ2n) is 8.16. The largest absolute Gasteiger partial charge is 0.382 e. The Labute approximate surface area is 201 Å². The number of aromatic nitrogens is 4. The van der Waals surface area contributed by atoms with Gasteiger partial charge in [0, 0.05) is 30.2 Å². The van der Waals surface area contributed by atoms with Crippen LogP contribution in [0.5, 0.6) is 0 Å². The second kappa shape index (κ2) is 9.48. The summed E-state index contributed by atoms with van der Waals surface area (Å²) < 4.78 is 20.0. The van der Waals surface area contributed by atoms with Crippen molar-refractivity contribution in [3.63, 3.8) is 0 Å². The van der Waals surface area contributed by atoms with E-state index in [2.05, 4.69) is 31.2 Å². The van der Waals surface area contributed by atoms with Gasteiger partial charge in [0.2, 0.25) is 0 Å². The Balaban J connectivity index is 1.75. The molecule has 4 aromatic rings. The van der Waals surface area contributed by atoms with Gasteiger partial charge in [0.25, 0.3) is 0 Å². The molecule has 35 heavy (non-hydrogen) atoms. The third kappa shape index (κ3) is 4.29. The van der Waals surface area contributed by atoms with Crippen LogP contribution in [0.4, 0.5) is 21.7 Å². The SMILES string of the molecule is C[C@H](Nc1ncnc(N)c1C#N)c1nc2ccc(F)cc2c(N2CCOCC2)c1-c1ccccn1. The van der Waals surface area contributed by atoms with Crippen LogP contribution in [0.2, 0.25) is 0 Å². The molecule has 0 bridgehead atoms. The van der Waals surface area contributed by atoms with Crippen LogP contribution in [0.3, 0.4) is 0 Å². The van der Waals surface area contributed by atoms with Crippen molar-refractivity contribution in [2.24, 2.45) is 0 Å². The van der Waals surface area contributed by atoms with Crippen molar-refractivity contribution < 1.29 is 9.13 Å². The Morgan fingerprint density at radius 1 is 1.17 bits per heavy atom. The number of fused-ring (bicyclic) bond motifs is 1. The Hall–Kier alpha value is -4.36. The third-order valence-corrected chi connectivity index (χ3v) is 5.95. The molecule has 0 spiro atoms. The van der Waals surface area contributed by atoms with E-state index in [1.54, 1.807) is 12.3 Å². The zero-order valence-corrected chi connectivity index (χ0v) is 19.1. The van der Waals surface area contributed by atoms with Crippen LogP contribution < -0.4 is 16.0 Å². The Kier molecular flexibility index (Phi) is 6.08. The molecule has 0 radical (unpaired) electrons. The summed E-state index contributed by atoms with van der Waals surface area (Å²) in [6.07, 6.45) is 3.02. The number of morpholine rings is 1. The number of nitrogens with two attached hydrogens (primary N) is 1. The Bertz CT molecular complexity index is 1420. The normalized spacial score (nSPS) is 14.5. The van der Waals surface area contributed by atoms with E-state index in [1.807, 2.05) is 25.1 Å². The van der Waals surface area contributed by atoms with Gasteiger partial charge in [-0.25, -0.2) is 19.3 Å². The zero-order chi connectivity index (χ0) is 24.4. The summed E-state index contributed by atoms with van der Waals surface area (Å²) in [5.41, 5.74) is 9.72. The van der Waals surface area contributed by atoms with Crippen LogP contribution in [0.15, 0.2) is 48.9 Å². The van der Waals surface area contributed by atoms with Gasteiger partial charge in [-0.15, -0.1) is 0 Å². The lowest BCUT2D eigenvalue weighted by Gasteiger charge is -2.33. The monoisotopic (exact) mass is 470 g/mol. The molecular formula is C25H23FN8O. The first-order valence-corrected chi connectivity index (χ1v) is 11.2. The number of nitrogen functional groups attached to an aromatic ring is 1. The second-order valence-corrected chi connectivity index (χ2v) is 8.16. The smallest absolute Gasteiger partial charge is 0.150 e. The van der Waals surface area contributed by atoms with E-state index >= 15 is 0 Å². The average molecular weight is 471 g/mol. The van der Waals surface area contributed by atoms with E-state index in [4.69, 9.17) is 15.5 Å². The number of pyridine rings is 2. The van der Waals surface area contributed by atoms with Gasteiger partial charge in [-0.3, -0.25) is 4.98 Å². The zero-order valence-electron chi connectivity index (χ0n) is 19.1. The maximum atomic E-state index is 14.4. The minimum atomic E-state index is -0.400. The maximum absolute atomic E-state index is 14.4.